The van der Waals surface area contributed by atoms with E-state index in [1.54, 1.807) is 0 Å². The Labute approximate surface area is 60.9 Å². The van der Waals surface area contributed by atoms with Gasteiger partial charge < -0.3 is 14.6 Å². The molecule has 0 aromatic heterocycles. The molecule has 0 spiro atoms. The van der Waals surface area contributed by atoms with Gasteiger partial charge >= 0.3 is 0 Å². The van der Waals surface area contributed by atoms with Gasteiger partial charge in [-0.15, -0.1) is 0 Å². The molecule has 0 aliphatic carbocycles. The van der Waals surface area contributed by atoms with Crippen molar-refractivity contribution in [1.82, 2.24) is 0 Å². The van der Waals surface area contributed by atoms with E-state index >= 15 is 0 Å². The molecule has 2 atom stereocenters. The lowest BCUT2D eigenvalue weighted by Crippen LogP contribution is -2.47. The van der Waals surface area contributed by atoms with Crippen LogP contribution in [0, 0.1) is 0 Å². The van der Waals surface area contributed by atoms with Crippen LogP contribution in [0.25, 0.3) is 0 Å². The highest BCUT2D eigenvalue weighted by Crippen LogP contribution is 2.21. The second-order valence-electron chi connectivity index (χ2n) is 3.10. The van der Waals surface area contributed by atoms with Crippen molar-refractivity contribution in [2.45, 2.75) is 38.8 Å². The first-order valence-electron chi connectivity index (χ1n) is 3.51. The van der Waals surface area contributed by atoms with E-state index in [1.165, 1.54) is 0 Å². The maximum absolute atomic E-state index is 9.16. The van der Waals surface area contributed by atoms with Gasteiger partial charge in [0.1, 0.15) is 6.10 Å². The molecule has 1 rings (SSSR count). The first-order valence-corrected chi connectivity index (χ1v) is 3.51. The Morgan fingerprint density at radius 2 is 2.10 bits per heavy atom. The zero-order valence-electron chi connectivity index (χ0n) is 6.63. The first-order chi connectivity index (χ1) is 4.51. The highest BCUT2D eigenvalue weighted by molar-refractivity contribution is 4.72. The summed E-state index contributed by atoms with van der Waals surface area (Å²) in [6.45, 7) is 5.90. The van der Waals surface area contributed by atoms with Crippen LogP contribution in [0.4, 0.5) is 0 Å². The summed E-state index contributed by atoms with van der Waals surface area (Å²) >= 11 is 0. The van der Waals surface area contributed by atoms with E-state index in [4.69, 9.17) is 14.6 Å². The van der Waals surface area contributed by atoms with Gasteiger partial charge in [0.15, 0.2) is 5.79 Å². The molecule has 1 fully saturated rings. The molecular formula is C7H14O3. The van der Waals surface area contributed by atoms with Crippen molar-refractivity contribution in [3.8, 4) is 0 Å². The van der Waals surface area contributed by atoms with E-state index in [1.807, 2.05) is 20.8 Å². The predicted molar refractivity (Wildman–Crippen MR) is 36.6 cm³/mol. The quantitative estimate of drug-likeness (QED) is 0.541. The SMILES string of the molecule is CC1OC(C)(C)OCC1O. The van der Waals surface area contributed by atoms with E-state index in [-0.39, 0.29) is 6.10 Å². The minimum absolute atomic E-state index is 0.122. The fourth-order valence-corrected chi connectivity index (χ4v) is 0.982. The molecule has 0 aromatic rings. The van der Waals surface area contributed by atoms with E-state index < -0.39 is 11.9 Å². The number of ether oxygens (including phenoxy) is 2. The summed E-state index contributed by atoms with van der Waals surface area (Å²) < 4.78 is 10.5. The lowest BCUT2D eigenvalue weighted by atomic mass is 10.2. The van der Waals surface area contributed by atoms with Crippen molar-refractivity contribution >= 4 is 0 Å². The van der Waals surface area contributed by atoms with E-state index in [0.717, 1.165) is 0 Å². The molecule has 0 bridgehead atoms. The monoisotopic (exact) mass is 146 g/mol. The summed E-state index contributed by atoms with van der Waals surface area (Å²) in [6, 6.07) is 0. The Bertz CT molecular complexity index is 122. The largest absolute Gasteiger partial charge is 0.388 e. The topological polar surface area (TPSA) is 38.7 Å². The molecule has 0 amide bonds. The third-order valence-electron chi connectivity index (χ3n) is 1.61. The summed E-state index contributed by atoms with van der Waals surface area (Å²) in [4.78, 5) is 0. The van der Waals surface area contributed by atoms with Gasteiger partial charge in [-0.2, -0.15) is 0 Å². The van der Waals surface area contributed by atoms with Crippen LogP contribution in [0.15, 0.2) is 0 Å². The Morgan fingerprint density at radius 3 is 2.50 bits per heavy atom. The van der Waals surface area contributed by atoms with Crippen molar-refractivity contribution in [3.63, 3.8) is 0 Å². The zero-order valence-corrected chi connectivity index (χ0v) is 6.63. The van der Waals surface area contributed by atoms with Gasteiger partial charge in [0.2, 0.25) is 0 Å². The minimum atomic E-state index is -0.529. The van der Waals surface area contributed by atoms with Crippen LogP contribution in [-0.2, 0) is 9.47 Å². The van der Waals surface area contributed by atoms with Gasteiger partial charge in [0, 0.05) is 0 Å². The lowest BCUT2D eigenvalue weighted by Gasteiger charge is -2.37. The predicted octanol–water partition coefficient (Wildman–Crippen LogP) is 0.519. The second kappa shape index (κ2) is 2.49. The molecular weight excluding hydrogens is 132 g/mol. The van der Waals surface area contributed by atoms with Crippen LogP contribution < -0.4 is 0 Å². The molecule has 3 heteroatoms. The number of hydrogen-bond acceptors (Lipinski definition) is 3. The van der Waals surface area contributed by atoms with E-state index in [9.17, 15) is 0 Å². The molecule has 10 heavy (non-hydrogen) atoms. The average molecular weight is 146 g/mol. The normalized spacial score (nSPS) is 39.6. The molecule has 1 N–H and O–H groups in total. The lowest BCUT2D eigenvalue weighted by molar-refractivity contribution is -0.299. The van der Waals surface area contributed by atoms with E-state index in [2.05, 4.69) is 0 Å². The molecule has 1 saturated heterocycles. The van der Waals surface area contributed by atoms with Crippen molar-refractivity contribution < 1.29 is 14.6 Å². The fraction of sp³-hybridized carbons (Fsp3) is 1.00. The molecule has 1 aliphatic rings. The van der Waals surface area contributed by atoms with Crippen LogP contribution in [0.5, 0.6) is 0 Å². The fourth-order valence-electron chi connectivity index (χ4n) is 0.982. The third kappa shape index (κ3) is 1.68. The standard InChI is InChI=1S/C7H14O3/c1-5-6(8)4-9-7(2,3)10-5/h5-6,8H,4H2,1-3H3. The molecule has 60 valence electrons. The molecule has 1 heterocycles. The van der Waals surface area contributed by atoms with Gasteiger partial charge in [-0.3, -0.25) is 0 Å². The Kier molecular flexibility index (Phi) is 1.99. The van der Waals surface area contributed by atoms with Crippen LogP contribution in [0.1, 0.15) is 20.8 Å². The van der Waals surface area contributed by atoms with Gasteiger partial charge in [0.25, 0.3) is 0 Å². The molecule has 0 saturated carbocycles. The van der Waals surface area contributed by atoms with Crippen molar-refractivity contribution in [3.05, 3.63) is 0 Å². The van der Waals surface area contributed by atoms with Crippen molar-refractivity contribution in [2.24, 2.45) is 0 Å². The number of hydrogen-bond donors (Lipinski definition) is 1. The average Bonchev–Trinajstić information content (AvgIpc) is 1.79. The minimum Gasteiger partial charge on any atom is -0.388 e. The van der Waals surface area contributed by atoms with Crippen molar-refractivity contribution in [2.75, 3.05) is 6.61 Å². The highest BCUT2D eigenvalue weighted by Gasteiger charge is 2.32. The number of rotatable bonds is 0. The van der Waals surface area contributed by atoms with Gasteiger partial charge in [-0.1, -0.05) is 0 Å². The molecule has 0 radical (unpaired) electrons. The Hall–Kier alpha value is -0.120. The zero-order chi connectivity index (χ0) is 7.78. The summed E-state index contributed by atoms with van der Waals surface area (Å²) in [6.07, 6.45) is -0.600. The highest BCUT2D eigenvalue weighted by atomic mass is 16.7. The Balaban J connectivity index is 2.49. The smallest absolute Gasteiger partial charge is 0.163 e. The summed E-state index contributed by atoms with van der Waals surface area (Å²) in [5.41, 5.74) is 0. The van der Waals surface area contributed by atoms with E-state index in [0.29, 0.717) is 6.61 Å². The van der Waals surface area contributed by atoms with Crippen molar-refractivity contribution in [1.29, 1.82) is 0 Å². The van der Waals surface area contributed by atoms with Crippen LogP contribution >= 0.6 is 0 Å². The van der Waals surface area contributed by atoms with Crippen LogP contribution in [-0.4, -0.2) is 29.7 Å². The Morgan fingerprint density at radius 1 is 1.50 bits per heavy atom. The molecule has 3 nitrogen and oxygen atoms in total. The third-order valence-corrected chi connectivity index (χ3v) is 1.61. The molecule has 2 unspecified atom stereocenters. The first kappa shape index (κ1) is 7.98. The number of aliphatic hydroxyl groups excluding tert-OH is 1. The maximum atomic E-state index is 9.16. The van der Waals surface area contributed by atoms with Gasteiger partial charge in [-0.05, 0) is 20.8 Å². The number of aliphatic hydroxyl groups is 1. The van der Waals surface area contributed by atoms with Gasteiger partial charge in [0.05, 0.1) is 12.7 Å². The molecule has 0 aromatic carbocycles. The van der Waals surface area contributed by atoms with Crippen LogP contribution in [0.2, 0.25) is 0 Å². The van der Waals surface area contributed by atoms with Gasteiger partial charge in [-0.25, -0.2) is 0 Å². The second-order valence-corrected chi connectivity index (χ2v) is 3.10. The molecule has 1 aliphatic heterocycles. The summed E-state index contributed by atoms with van der Waals surface area (Å²) in [5, 5.41) is 9.16. The summed E-state index contributed by atoms with van der Waals surface area (Å²) in [7, 11) is 0. The van der Waals surface area contributed by atoms with Crippen LogP contribution in [0.3, 0.4) is 0 Å². The maximum Gasteiger partial charge on any atom is 0.163 e. The summed E-state index contributed by atoms with van der Waals surface area (Å²) in [5.74, 6) is -0.529.